The van der Waals surface area contributed by atoms with Gasteiger partial charge in [-0.05, 0) is 37.3 Å². The number of aryl methyl sites for hydroxylation is 2. The molecule has 28 heavy (non-hydrogen) atoms. The number of pyridine rings is 1. The Labute approximate surface area is 164 Å². The van der Waals surface area contributed by atoms with E-state index in [1.807, 2.05) is 24.9 Å². The lowest BCUT2D eigenvalue weighted by atomic mass is 9.91. The summed E-state index contributed by atoms with van der Waals surface area (Å²) in [5, 5.41) is 13.3. The lowest BCUT2D eigenvalue weighted by molar-refractivity contribution is 0.0485. The Morgan fingerprint density at radius 2 is 2.07 bits per heavy atom. The van der Waals surface area contributed by atoms with E-state index in [0.29, 0.717) is 18.4 Å². The number of rotatable bonds is 6. The maximum atomic E-state index is 5.63. The van der Waals surface area contributed by atoms with Gasteiger partial charge in [0, 0.05) is 44.3 Å². The predicted molar refractivity (Wildman–Crippen MR) is 105 cm³/mol. The van der Waals surface area contributed by atoms with Crippen LogP contribution < -0.4 is 5.32 Å². The summed E-state index contributed by atoms with van der Waals surface area (Å²) in [4.78, 5) is 9.24. The Morgan fingerprint density at radius 3 is 2.79 bits per heavy atom. The normalized spacial score (nSPS) is 16.9. The van der Waals surface area contributed by atoms with Gasteiger partial charge in [0.15, 0.2) is 11.5 Å². The third-order valence-electron chi connectivity index (χ3n) is 5.42. The van der Waals surface area contributed by atoms with Gasteiger partial charge in [0.2, 0.25) is 5.89 Å². The zero-order valence-electron chi connectivity index (χ0n) is 17.0. The minimum absolute atomic E-state index is 0.00888. The molecule has 1 N–H and O–H groups in total. The largest absolute Gasteiger partial charge is 0.381 e. The molecule has 3 aromatic heterocycles. The van der Waals surface area contributed by atoms with Crippen LogP contribution in [0.15, 0.2) is 16.8 Å². The van der Waals surface area contributed by atoms with Gasteiger partial charge in [-0.3, -0.25) is 4.68 Å². The second-order valence-electron chi connectivity index (χ2n) is 7.88. The van der Waals surface area contributed by atoms with Gasteiger partial charge in [0.05, 0.1) is 11.7 Å². The standard InChI is InChI=1S/C20H28N6O2/c1-12(2)18-23-20(28-25-18)17(15-5-7-27-8-6-15)21-10-14-9-16-13(3)24-26(4)19(16)22-11-14/h9,11-12,15,17,21H,5-8,10H2,1-4H3. The van der Waals surface area contributed by atoms with Crippen molar-refractivity contribution in [2.45, 2.75) is 52.1 Å². The second-order valence-corrected chi connectivity index (χ2v) is 7.88. The Balaban J connectivity index is 1.55. The maximum Gasteiger partial charge on any atom is 0.244 e. The summed E-state index contributed by atoms with van der Waals surface area (Å²) >= 11 is 0. The first kappa shape index (κ1) is 19.0. The zero-order valence-corrected chi connectivity index (χ0v) is 17.0. The van der Waals surface area contributed by atoms with Crippen LogP contribution in [0.25, 0.3) is 11.0 Å². The molecule has 0 radical (unpaired) electrons. The van der Waals surface area contributed by atoms with Gasteiger partial charge < -0.3 is 14.6 Å². The molecule has 0 bridgehead atoms. The van der Waals surface area contributed by atoms with E-state index in [1.54, 1.807) is 0 Å². The lowest BCUT2D eigenvalue weighted by Crippen LogP contribution is -2.32. The molecule has 8 heteroatoms. The highest BCUT2D eigenvalue weighted by molar-refractivity contribution is 5.78. The van der Waals surface area contributed by atoms with Crippen molar-refractivity contribution < 1.29 is 9.26 Å². The number of nitrogens with one attached hydrogen (secondary N) is 1. The van der Waals surface area contributed by atoms with Crippen molar-refractivity contribution in [3.63, 3.8) is 0 Å². The molecule has 0 aliphatic carbocycles. The number of fused-ring (bicyclic) bond motifs is 1. The molecule has 150 valence electrons. The molecule has 4 rings (SSSR count). The molecule has 3 aromatic rings. The number of hydrogen-bond acceptors (Lipinski definition) is 7. The van der Waals surface area contributed by atoms with Crippen molar-refractivity contribution >= 4 is 11.0 Å². The van der Waals surface area contributed by atoms with Crippen LogP contribution in [-0.2, 0) is 18.3 Å². The Morgan fingerprint density at radius 1 is 1.29 bits per heavy atom. The molecule has 1 fully saturated rings. The molecule has 1 aliphatic rings. The maximum absolute atomic E-state index is 5.63. The van der Waals surface area contributed by atoms with Crippen molar-refractivity contribution in [2.75, 3.05) is 13.2 Å². The molecule has 0 spiro atoms. The Kier molecular flexibility index (Phi) is 5.41. The third kappa shape index (κ3) is 3.79. The molecule has 1 atom stereocenters. The number of ether oxygens (including phenoxy) is 1. The number of nitrogens with zero attached hydrogens (tertiary/aromatic N) is 5. The highest BCUT2D eigenvalue weighted by Gasteiger charge is 2.30. The monoisotopic (exact) mass is 384 g/mol. The average molecular weight is 384 g/mol. The first-order chi connectivity index (χ1) is 13.5. The second kappa shape index (κ2) is 7.97. The summed E-state index contributed by atoms with van der Waals surface area (Å²) in [7, 11) is 1.92. The summed E-state index contributed by atoms with van der Waals surface area (Å²) in [6, 6.07) is 2.17. The van der Waals surface area contributed by atoms with Gasteiger partial charge in [-0.1, -0.05) is 19.0 Å². The van der Waals surface area contributed by atoms with Crippen molar-refractivity contribution in [3.05, 3.63) is 35.2 Å². The minimum Gasteiger partial charge on any atom is -0.381 e. The fraction of sp³-hybridized carbons (Fsp3) is 0.600. The van der Waals surface area contributed by atoms with E-state index in [1.165, 1.54) is 0 Å². The van der Waals surface area contributed by atoms with Crippen molar-refractivity contribution in [1.29, 1.82) is 0 Å². The first-order valence-corrected chi connectivity index (χ1v) is 9.95. The molecular formula is C20H28N6O2. The van der Waals surface area contributed by atoms with Gasteiger partial charge in [-0.2, -0.15) is 10.1 Å². The highest BCUT2D eigenvalue weighted by Crippen LogP contribution is 2.30. The van der Waals surface area contributed by atoms with Crippen LogP contribution in [-0.4, -0.2) is 38.1 Å². The van der Waals surface area contributed by atoms with Crippen LogP contribution in [0, 0.1) is 12.8 Å². The molecule has 0 aromatic carbocycles. The molecule has 0 amide bonds. The van der Waals surface area contributed by atoms with E-state index in [2.05, 4.69) is 45.5 Å². The molecule has 1 saturated heterocycles. The molecule has 4 heterocycles. The van der Waals surface area contributed by atoms with E-state index >= 15 is 0 Å². The van der Waals surface area contributed by atoms with Gasteiger partial charge in [0.1, 0.15) is 0 Å². The topological polar surface area (TPSA) is 90.9 Å². The summed E-state index contributed by atoms with van der Waals surface area (Å²) in [5.74, 6) is 2.07. The van der Waals surface area contributed by atoms with Crippen molar-refractivity contribution in [1.82, 2.24) is 30.2 Å². The zero-order chi connectivity index (χ0) is 19.7. The van der Waals surface area contributed by atoms with Gasteiger partial charge in [0.25, 0.3) is 0 Å². The molecule has 8 nitrogen and oxygen atoms in total. The van der Waals surface area contributed by atoms with Gasteiger partial charge in [-0.15, -0.1) is 0 Å². The van der Waals surface area contributed by atoms with Crippen molar-refractivity contribution in [3.8, 4) is 0 Å². The minimum atomic E-state index is 0.00888. The summed E-state index contributed by atoms with van der Waals surface area (Å²) < 4.78 is 13.0. The Hall–Kier alpha value is -2.32. The van der Waals surface area contributed by atoms with E-state index in [9.17, 15) is 0 Å². The molecule has 1 unspecified atom stereocenters. The SMILES string of the molecule is Cc1nn(C)c2ncc(CNC(c3nc(C(C)C)no3)C3CCOCC3)cc12. The highest BCUT2D eigenvalue weighted by atomic mass is 16.5. The van der Waals surface area contributed by atoms with Gasteiger partial charge in [-0.25, -0.2) is 4.98 Å². The van der Waals surface area contributed by atoms with E-state index in [4.69, 9.17) is 9.26 Å². The van der Waals surface area contributed by atoms with Gasteiger partial charge >= 0.3 is 0 Å². The van der Waals surface area contributed by atoms with Crippen LogP contribution in [0.1, 0.15) is 61.6 Å². The lowest BCUT2D eigenvalue weighted by Gasteiger charge is -2.28. The quantitative estimate of drug-likeness (QED) is 0.698. The van der Waals surface area contributed by atoms with Crippen LogP contribution in [0.3, 0.4) is 0 Å². The smallest absolute Gasteiger partial charge is 0.244 e. The molecule has 0 saturated carbocycles. The van der Waals surface area contributed by atoms with Crippen LogP contribution >= 0.6 is 0 Å². The number of aromatic nitrogens is 5. The fourth-order valence-corrected chi connectivity index (χ4v) is 3.79. The summed E-state index contributed by atoms with van der Waals surface area (Å²) in [5.41, 5.74) is 3.01. The average Bonchev–Trinajstić information content (AvgIpc) is 3.29. The van der Waals surface area contributed by atoms with E-state index in [0.717, 1.165) is 54.2 Å². The van der Waals surface area contributed by atoms with Crippen LogP contribution in [0.5, 0.6) is 0 Å². The summed E-state index contributed by atoms with van der Waals surface area (Å²) in [6.45, 7) is 8.38. The first-order valence-electron chi connectivity index (χ1n) is 9.95. The van der Waals surface area contributed by atoms with Crippen LogP contribution in [0.4, 0.5) is 0 Å². The van der Waals surface area contributed by atoms with Crippen LogP contribution in [0.2, 0.25) is 0 Å². The Bertz CT molecular complexity index is 941. The molecular weight excluding hydrogens is 356 g/mol. The van der Waals surface area contributed by atoms with E-state index in [-0.39, 0.29) is 12.0 Å². The fourth-order valence-electron chi connectivity index (χ4n) is 3.79. The third-order valence-corrected chi connectivity index (χ3v) is 5.42. The predicted octanol–water partition coefficient (Wildman–Crippen LogP) is 3.04. The summed E-state index contributed by atoms with van der Waals surface area (Å²) in [6.07, 6.45) is 3.87. The van der Waals surface area contributed by atoms with E-state index < -0.39 is 0 Å². The van der Waals surface area contributed by atoms with Crippen molar-refractivity contribution in [2.24, 2.45) is 13.0 Å². The molecule has 1 aliphatic heterocycles. The number of hydrogen-bond donors (Lipinski definition) is 1.